The van der Waals surface area contributed by atoms with Gasteiger partial charge in [0.25, 0.3) is 0 Å². The van der Waals surface area contributed by atoms with E-state index in [0.717, 1.165) is 0 Å². The fourth-order valence-corrected chi connectivity index (χ4v) is 2.26. The number of rotatable bonds is 5. The Kier molecular flexibility index (Phi) is 5.95. The summed E-state index contributed by atoms with van der Waals surface area (Å²) in [7, 11) is 0. The summed E-state index contributed by atoms with van der Waals surface area (Å²) in [5.74, 6) is -2.18. The predicted octanol–water partition coefficient (Wildman–Crippen LogP) is 3.06. The number of halogens is 4. The van der Waals surface area contributed by atoms with E-state index < -0.39 is 17.8 Å². The van der Waals surface area contributed by atoms with Gasteiger partial charge in [-0.25, -0.2) is 4.79 Å². The second kappa shape index (κ2) is 5.85. The standard InChI is InChI=1S/C6H8Cl3FO2Si/c1-5(10)6(11)12-3-2-4-13(7,8)9/h1-4H2. The summed E-state index contributed by atoms with van der Waals surface area (Å²) in [6.45, 7) is 2.82. The summed E-state index contributed by atoms with van der Waals surface area (Å²) < 4.78 is 16.4. The SMILES string of the molecule is C=C(F)C(=O)OCCC[Si](Cl)(Cl)Cl. The van der Waals surface area contributed by atoms with Gasteiger partial charge >= 0.3 is 12.0 Å². The highest BCUT2D eigenvalue weighted by molar-refractivity contribution is 7.64. The van der Waals surface area contributed by atoms with E-state index in [4.69, 9.17) is 33.2 Å². The van der Waals surface area contributed by atoms with Crippen molar-refractivity contribution in [3.63, 3.8) is 0 Å². The van der Waals surface area contributed by atoms with Crippen molar-refractivity contribution in [3.05, 3.63) is 12.4 Å². The maximum atomic E-state index is 12.0. The molecule has 0 unspecified atom stereocenters. The molecule has 13 heavy (non-hydrogen) atoms. The number of carbonyl (C=O) groups excluding carboxylic acids is 1. The predicted molar refractivity (Wildman–Crippen MR) is 53.9 cm³/mol. The van der Waals surface area contributed by atoms with Gasteiger partial charge in [0.2, 0.25) is 5.83 Å². The van der Waals surface area contributed by atoms with E-state index >= 15 is 0 Å². The third-order valence-corrected chi connectivity index (χ3v) is 3.68. The number of esters is 1. The second-order valence-corrected chi connectivity index (χ2v) is 11.5. The fourth-order valence-electron chi connectivity index (χ4n) is 0.516. The Hall–Kier alpha value is 0.227. The Bertz CT molecular complexity index is 205. The Morgan fingerprint density at radius 2 is 2.00 bits per heavy atom. The minimum Gasteiger partial charge on any atom is -0.460 e. The van der Waals surface area contributed by atoms with E-state index in [1.54, 1.807) is 0 Å². The molecular weight excluding hydrogens is 258 g/mol. The van der Waals surface area contributed by atoms with Crippen molar-refractivity contribution in [2.45, 2.75) is 12.5 Å². The van der Waals surface area contributed by atoms with Crippen LogP contribution in [-0.2, 0) is 9.53 Å². The third kappa shape index (κ3) is 8.55. The third-order valence-electron chi connectivity index (χ3n) is 1.06. The molecule has 0 aliphatic heterocycles. The molecule has 0 rings (SSSR count). The van der Waals surface area contributed by atoms with Crippen molar-refractivity contribution in [3.8, 4) is 0 Å². The van der Waals surface area contributed by atoms with Crippen LogP contribution in [0.15, 0.2) is 12.4 Å². The molecule has 0 atom stereocenters. The molecule has 0 aromatic rings. The molecule has 0 aliphatic rings. The number of carbonyl (C=O) groups is 1. The molecule has 0 heterocycles. The molecular formula is C6H8Cl3FO2Si. The van der Waals surface area contributed by atoms with Gasteiger partial charge in [-0.05, 0) is 12.5 Å². The van der Waals surface area contributed by atoms with Gasteiger partial charge in [0, 0.05) is 0 Å². The lowest BCUT2D eigenvalue weighted by Crippen LogP contribution is -2.12. The summed E-state index contributed by atoms with van der Waals surface area (Å²) in [5.41, 5.74) is 0. The molecule has 0 bridgehead atoms. The highest BCUT2D eigenvalue weighted by Crippen LogP contribution is 2.26. The molecule has 0 aromatic heterocycles. The number of hydrogen-bond acceptors (Lipinski definition) is 2. The Labute approximate surface area is 90.7 Å². The zero-order valence-electron chi connectivity index (χ0n) is 6.66. The van der Waals surface area contributed by atoms with Gasteiger partial charge in [0.1, 0.15) is 0 Å². The Morgan fingerprint density at radius 1 is 1.46 bits per heavy atom. The van der Waals surface area contributed by atoms with Crippen molar-refractivity contribution in [2.75, 3.05) is 6.61 Å². The van der Waals surface area contributed by atoms with E-state index in [9.17, 15) is 9.18 Å². The molecule has 0 aromatic carbocycles. The van der Waals surface area contributed by atoms with Crippen LogP contribution in [-0.4, -0.2) is 18.6 Å². The average Bonchev–Trinajstić information content (AvgIpc) is 1.95. The van der Waals surface area contributed by atoms with Crippen LogP contribution in [0.2, 0.25) is 6.04 Å². The van der Waals surface area contributed by atoms with Gasteiger partial charge in [-0.1, -0.05) is 6.58 Å². The first-order valence-electron chi connectivity index (χ1n) is 3.41. The van der Waals surface area contributed by atoms with Crippen LogP contribution in [0, 0.1) is 0 Å². The van der Waals surface area contributed by atoms with E-state index in [1.807, 2.05) is 0 Å². The Morgan fingerprint density at radius 3 is 2.38 bits per heavy atom. The molecule has 0 spiro atoms. The van der Waals surface area contributed by atoms with E-state index in [-0.39, 0.29) is 6.61 Å². The first-order chi connectivity index (χ1) is 5.83. The number of ether oxygens (including phenoxy) is 1. The topological polar surface area (TPSA) is 26.3 Å². The van der Waals surface area contributed by atoms with Gasteiger partial charge in [0.15, 0.2) is 0 Å². The summed E-state index contributed by atoms with van der Waals surface area (Å²) in [4.78, 5) is 10.5. The normalized spacial score (nSPS) is 11.1. The van der Waals surface area contributed by atoms with Crippen molar-refractivity contribution in [1.29, 1.82) is 0 Å². The quantitative estimate of drug-likeness (QED) is 0.251. The first-order valence-corrected chi connectivity index (χ1v) is 8.65. The smallest absolute Gasteiger partial charge is 0.366 e. The lowest BCUT2D eigenvalue weighted by molar-refractivity contribution is -0.140. The zero-order chi connectivity index (χ0) is 10.5. The lowest BCUT2D eigenvalue weighted by atomic mass is 10.5. The van der Waals surface area contributed by atoms with Gasteiger partial charge in [-0.15, -0.1) is 33.2 Å². The summed E-state index contributed by atoms with van der Waals surface area (Å²) in [6.07, 6.45) is 0.418. The molecule has 0 fully saturated rings. The van der Waals surface area contributed by atoms with Crippen LogP contribution < -0.4 is 0 Å². The first kappa shape index (κ1) is 13.2. The van der Waals surface area contributed by atoms with Crippen molar-refractivity contribution >= 4 is 45.2 Å². The number of hydrogen-bond donors (Lipinski definition) is 0. The highest BCUT2D eigenvalue weighted by atomic mass is 35.8. The van der Waals surface area contributed by atoms with E-state index in [0.29, 0.717) is 12.5 Å². The Balaban J connectivity index is 3.47. The second-order valence-electron chi connectivity index (χ2n) is 2.26. The zero-order valence-corrected chi connectivity index (χ0v) is 9.92. The van der Waals surface area contributed by atoms with Gasteiger partial charge in [-0.3, -0.25) is 0 Å². The molecule has 7 heteroatoms. The largest absolute Gasteiger partial charge is 0.460 e. The van der Waals surface area contributed by atoms with E-state index in [2.05, 4.69) is 11.3 Å². The van der Waals surface area contributed by atoms with Crippen LogP contribution >= 0.6 is 33.2 Å². The van der Waals surface area contributed by atoms with Gasteiger partial charge in [-0.2, -0.15) is 4.39 Å². The van der Waals surface area contributed by atoms with Gasteiger partial charge < -0.3 is 4.74 Å². The van der Waals surface area contributed by atoms with Crippen LogP contribution in [0.4, 0.5) is 4.39 Å². The van der Waals surface area contributed by atoms with Crippen molar-refractivity contribution in [2.24, 2.45) is 0 Å². The summed E-state index contributed by atoms with van der Waals surface area (Å²) >= 11 is 16.6. The minimum absolute atomic E-state index is 0.0443. The highest BCUT2D eigenvalue weighted by Gasteiger charge is 2.24. The molecule has 0 N–H and O–H groups in total. The molecule has 0 radical (unpaired) electrons. The van der Waals surface area contributed by atoms with E-state index in [1.165, 1.54) is 0 Å². The monoisotopic (exact) mass is 264 g/mol. The summed E-state index contributed by atoms with van der Waals surface area (Å²) in [5, 5.41) is 0. The molecule has 0 saturated carbocycles. The molecule has 0 aliphatic carbocycles. The van der Waals surface area contributed by atoms with Crippen LogP contribution in [0.5, 0.6) is 0 Å². The fraction of sp³-hybridized carbons (Fsp3) is 0.500. The van der Waals surface area contributed by atoms with Crippen LogP contribution in [0.3, 0.4) is 0 Å². The maximum absolute atomic E-state index is 12.0. The minimum atomic E-state index is -2.65. The van der Waals surface area contributed by atoms with Crippen molar-refractivity contribution in [1.82, 2.24) is 0 Å². The van der Waals surface area contributed by atoms with Gasteiger partial charge in [0.05, 0.1) is 6.61 Å². The maximum Gasteiger partial charge on any atom is 0.366 e. The summed E-state index contributed by atoms with van der Waals surface area (Å²) in [6, 6.07) is -2.27. The van der Waals surface area contributed by atoms with Crippen molar-refractivity contribution < 1.29 is 13.9 Å². The lowest BCUT2D eigenvalue weighted by Gasteiger charge is -2.06. The molecule has 0 saturated heterocycles. The molecule has 0 amide bonds. The molecule has 76 valence electrons. The van der Waals surface area contributed by atoms with Crippen LogP contribution in [0.1, 0.15) is 6.42 Å². The van der Waals surface area contributed by atoms with Crippen LogP contribution in [0.25, 0.3) is 0 Å². The molecule has 2 nitrogen and oxygen atoms in total. The average molecular weight is 266 g/mol.